The van der Waals surface area contributed by atoms with E-state index < -0.39 is 15.8 Å². The Morgan fingerprint density at radius 1 is 1.42 bits per heavy atom. The summed E-state index contributed by atoms with van der Waals surface area (Å²) in [6, 6.07) is 4.68. The largest absolute Gasteiger partial charge is 0.478 e. The molecule has 1 aliphatic rings. The highest BCUT2D eigenvalue weighted by molar-refractivity contribution is 7.91. The molecule has 1 saturated heterocycles. The summed E-state index contributed by atoms with van der Waals surface area (Å²) in [5, 5.41) is 12.1. The first kappa shape index (κ1) is 13.9. The molecular formula is C13H17NO4S. The number of hydrogen-bond acceptors (Lipinski definition) is 4. The minimum Gasteiger partial charge on any atom is -0.478 e. The molecule has 0 amide bonds. The van der Waals surface area contributed by atoms with Crippen molar-refractivity contribution in [1.82, 2.24) is 0 Å². The highest BCUT2D eigenvalue weighted by atomic mass is 32.2. The van der Waals surface area contributed by atoms with E-state index in [1.165, 1.54) is 0 Å². The van der Waals surface area contributed by atoms with Crippen LogP contribution in [0.15, 0.2) is 18.2 Å². The monoisotopic (exact) mass is 283 g/mol. The molecule has 1 aromatic carbocycles. The zero-order chi connectivity index (χ0) is 14.0. The molecule has 0 bridgehead atoms. The third-order valence-electron chi connectivity index (χ3n) is 3.31. The number of carboxylic acids is 1. The number of aromatic carboxylic acids is 1. The SMILES string of the molecule is Cc1ccc(C(=O)O)cc1NC1CCCS(=O)(=O)C1. The molecule has 0 aliphatic carbocycles. The Morgan fingerprint density at radius 2 is 2.16 bits per heavy atom. The molecule has 1 aliphatic heterocycles. The van der Waals surface area contributed by atoms with E-state index in [-0.39, 0.29) is 23.1 Å². The minimum absolute atomic E-state index is 0.115. The minimum atomic E-state index is -2.97. The van der Waals surface area contributed by atoms with Crippen molar-refractivity contribution in [3.8, 4) is 0 Å². The lowest BCUT2D eigenvalue weighted by molar-refractivity contribution is 0.0697. The number of carbonyl (C=O) groups is 1. The van der Waals surface area contributed by atoms with E-state index >= 15 is 0 Å². The number of benzene rings is 1. The molecule has 2 N–H and O–H groups in total. The molecule has 1 atom stereocenters. The van der Waals surface area contributed by atoms with Crippen molar-refractivity contribution < 1.29 is 18.3 Å². The van der Waals surface area contributed by atoms with E-state index in [0.29, 0.717) is 12.1 Å². The quantitative estimate of drug-likeness (QED) is 0.882. The molecule has 1 heterocycles. The lowest BCUT2D eigenvalue weighted by Gasteiger charge is -2.25. The zero-order valence-corrected chi connectivity index (χ0v) is 11.5. The summed E-state index contributed by atoms with van der Waals surface area (Å²) in [6.45, 7) is 1.87. The van der Waals surface area contributed by atoms with Crippen molar-refractivity contribution in [3.63, 3.8) is 0 Å². The van der Waals surface area contributed by atoms with Crippen LogP contribution in [0.5, 0.6) is 0 Å². The van der Waals surface area contributed by atoms with Gasteiger partial charge in [-0.05, 0) is 37.5 Å². The lowest BCUT2D eigenvalue weighted by atomic mass is 10.1. The highest BCUT2D eigenvalue weighted by Gasteiger charge is 2.25. The molecule has 5 nitrogen and oxygen atoms in total. The van der Waals surface area contributed by atoms with Gasteiger partial charge in [0.2, 0.25) is 0 Å². The summed E-state index contributed by atoms with van der Waals surface area (Å²) in [5.74, 6) is -0.623. The van der Waals surface area contributed by atoms with Gasteiger partial charge < -0.3 is 10.4 Å². The van der Waals surface area contributed by atoms with Crippen LogP contribution in [0, 0.1) is 6.92 Å². The fraction of sp³-hybridized carbons (Fsp3) is 0.462. The number of hydrogen-bond donors (Lipinski definition) is 2. The van der Waals surface area contributed by atoms with Crippen LogP contribution in [0.1, 0.15) is 28.8 Å². The van der Waals surface area contributed by atoms with Gasteiger partial charge >= 0.3 is 5.97 Å². The highest BCUT2D eigenvalue weighted by Crippen LogP contribution is 2.22. The van der Waals surface area contributed by atoms with Crippen LogP contribution in [0.4, 0.5) is 5.69 Å². The first-order chi connectivity index (χ1) is 8.87. The van der Waals surface area contributed by atoms with E-state index in [0.717, 1.165) is 12.0 Å². The zero-order valence-electron chi connectivity index (χ0n) is 10.7. The number of nitrogens with one attached hydrogen (secondary N) is 1. The molecule has 0 spiro atoms. The van der Waals surface area contributed by atoms with E-state index in [2.05, 4.69) is 5.32 Å². The molecule has 19 heavy (non-hydrogen) atoms. The maximum atomic E-state index is 11.6. The molecule has 1 unspecified atom stereocenters. The normalized spacial score (nSPS) is 21.8. The molecule has 1 fully saturated rings. The maximum Gasteiger partial charge on any atom is 0.335 e. The molecule has 1 aromatic rings. The van der Waals surface area contributed by atoms with Crippen molar-refractivity contribution in [2.24, 2.45) is 0 Å². The number of sulfone groups is 1. The average molecular weight is 283 g/mol. The summed E-state index contributed by atoms with van der Waals surface area (Å²) in [7, 11) is -2.97. The lowest BCUT2D eigenvalue weighted by Crippen LogP contribution is -2.35. The van der Waals surface area contributed by atoms with Gasteiger partial charge in [-0.2, -0.15) is 0 Å². The van der Waals surface area contributed by atoms with Gasteiger partial charge in [-0.15, -0.1) is 0 Å². The fourth-order valence-electron chi connectivity index (χ4n) is 2.27. The van der Waals surface area contributed by atoms with Gasteiger partial charge in [-0.3, -0.25) is 0 Å². The third-order valence-corrected chi connectivity index (χ3v) is 5.13. The van der Waals surface area contributed by atoms with Crippen molar-refractivity contribution in [2.45, 2.75) is 25.8 Å². The van der Waals surface area contributed by atoms with E-state index in [1.54, 1.807) is 18.2 Å². The number of anilines is 1. The first-order valence-electron chi connectivity index (χ1n) is 6.18. The summed E-state index contributed by atoms with van der Waals surface area (Å²) in [5.41, 5.74) is 1.81. The van der Waals surface area contributed by atoms with Gasteiger partial charge in [0.15, 0.2) is 9.84 Å². The first-order valence-corrected chi connectivity index (χ1v) is 8.00. The molecule has 104 valence electrons. The summed E-state index contributed by atoms with van der Waals surface area (Å²) < 4.78 is 23.2. The van der Waals surface area contributed by atoms with Crippen LogP contribution in [0.3, 0.4) is 0 Å². The molecule has 0 radical (unpaired) electrons. The van der Waals surface area contributed by atoms with E-state index in [9.17, 15) is 13.2 Å². The second-order valence-electron chi connectivity index (χ2n) is 4.93. The van der Waals surface area contributed by atoms with E-state index in [1.807, 2.05) is 6.92 Å². The number of aryl methyl sites for hydroxylation is 1. The Labute approximate surface area is 112 Å². The fourth-order valence-corrected chi connectivity index (χ4v) is 3.90. The van der Waals surface area contributed by atoms with Crippen LogP contribution in [0.25, 0.3) is 0 Å². The third kappa shape index (κ3) is 3.47. The Balaban J connectivity index is 2.18. The molecule has 6 heteroatoms. The Kier molecular flexibility index (Phi) is 3.80. The molecule has 0 aromatic heterocycles. The van der Waals surface area contributed by atoms with Crippen LogP contribution >= 0.6 is 0 Å². The summed E-state index contributed by atoms with van der Waals surface area (Å²) in [4.78, 5) is 10.9. The van der Waals surface area contributed by atoms with Gasteiger partial charge in [0.1, 0.15) is 0 Å². The van der Waals surface area contributed by atoms with Crippen molar-refractivity contribution >= 4 is 21.5 Å². The van der Waals surface area contributed by atoms with Gasteiger partial charge in [-0.1, -0.05) is 6.07 Å². The van der Waals surface area contributed by atoms with Gasteiger partial charge in [0.25, 0.3) is 0 Å². The maximum absolute atomic E-state index is 11.6. The Morgan fingerprint density at radius 3 is 2.79 bits per heavy atom. The van der Waals surface area contributed by atoms with Gasteiger partial charge in [0, 0.05) is 11.7 Å². The van der Waals surface area contributed by atoms with Crippen LogP contribution in [-0.4, -0.2) is 37.0 Å². The predicted molar refractivity (Wildman–Crippen MR) is 73.4 cm³/mol. The summed E-state index contributed by atoms with van der Waals surface area (Å²) >= 11 is 0. The second kappa shape index (κ2) is 5.21. The van der Waals surface area contributed by atoms with Crippen molar-refractivity contribution in [2.75, 3.05) is 16.8 Å². The average Bonchev–Trinajstić information content (AvgIpc) is 2.30. The van der Waals surface area contributed by atoms with Gasteiger partial charge in [-0.25, -0.2) is 13.2 Å². The van der Waals surface area contributed by atoms with E-state index in [4.69, 9.17) is 5.11 Å². The van der Waals surface area contributed by atoms with Crippen LogP contribution < -0.4 is 5.32 Å². The van der Waals surface area contributed by atoms with Crippen LogP contribution in [0.2, 0.25) is 0 Å². The van der Waals surface area contributed by atoms with Crippen molar-refractivity contribution in [3.05, 3.63) is 29.3 Å². The topological polar surface area (TPSA) is 83.5 Å². The summed E-state index contributed by atoms with van der Waals surface area (Å²) in [6.07, 6.45) is 1.44. The van der Waals surface area contributed by atoms with Crippen molar-refractivity contribution in [1.29, 1.82) is 0 Å². The smallest absolute Gasteiger partial charge is 0.335 e. The molecule has 2 rings (SSSR count). The Bertz CT molecular complexity index is 595. The molecular weight excluding hydrogens is 266 g/mol. The molecule has 0 saturated carbocycles. The number of rotatable bonds is 3. The standard InChI is InChI=1S/C13H17NO4S/c1-9-4-5-10(13(15)16)7-12(9)14-11-3-2-6-19(17,18)8-11/h4-5,7,11,14H,2-3,6,8H2,1H3,(H,15,16). The second-order valence-corrected chi connectivity index (χ2v) is 7.16. The predicted octanol–water partition coefficient (Wildman–Crippen LogP) is 1.68. The Hall–Kier alpha value is -1.56. The number of carboxylic acid groups (broad SMARTS) is 1. The van der Waals surface area contributed by atoms with Gasteiger partial charge in [0.05, 0.1) is 17.1 Å². The van der Waals surface area contributed by atoms with Crippen LogP contribution in [-0.2, 0) is 9.84 Å².